The van der Waals surface area contributed by atoms with Crippen molar-refractivity contribution < 1.29 is 9.53 Å². The van der Waals surface area contributed by atoms with Crippen molar-refractivity contribution in [3.05, 3.63) is 40.9 Å². The van der Waals surface area contributed by atoms with Gasteiger partial charge in [0.1, 0.15) is 5.03 Å². The van der Waals surface area contributed by atoms with E-state index >= 15 is 0 Å². The minimum atomic E-state index is -0.459. The maximum absolute atomic E-state index is 11.4. The molecule has 86 valence electrons. The van der Waals surface area contributed by atoms with Gasteiger partial charge in [0.25, 0.3) is 0 Å². The van der Waals surface area contributed by atoms with Crippen LogP contribution < -0.4 is 0 Å². The first-order valence-electron chi connectivity index (χ1n) is 5.33. The lowest BCUT2D eigenvalue weighted by atomic mass is 10.2. The van der Waals surface area contributed by atoms with Gasteiger partial charge in [-0.1, -0.05) is 55.3 Å². The molecule has 0 aliphatic heterocycles. The van der Waals surface area contributed by atoms with E-state index < -0.39 is 5.97 Å². The standard InChI is InChI=1S/C13H15ClO2/c1-2-3-9-16-13(15)12(14)10-11-7-5-4-6-8-11/h4-8,10H,2-3,9H2,1H3. The Bertz CT molecular complexity index is 357. The highest BCUT2D eigenvalue weighted by Crippen LogP contribution is 2.11. The Balaban J connectivity index is 2.53. The highest BCUT2D eigenvalue weighted by atomic mass is 35.5. The van der Waals surface area contributed by atoms with Crippen LogP contribution in [0.2, 0.25) is 0 Å². The quantitative estimate of drug-likeness (QED) is 0.445. The van der Waals surface area contributed by atoms with Crippen LogP contribution in [0.15, 0.2) is 35.4 Å². The average Bonchev–Trinajstić information content (AvgIpc) is 2.30. The molecule has 0 N–H and O–H groups in total. The Morgan fingerprint density at radius 1 is 1.38 bits per heavy atom. The molecule has 3 heteroatoms. The summed E-state index contributed by atoms with van der Waals surface area (Å²) in [6.45, 7) is 2.46. The molecule has 0 atom stereocenters. The zero-order valence-corrected chi connectivity index (χ0v) is 10.0. The molecule has 0 saturated heterocycles. The number of hydrogen-bond acceptors (Lipinski definition) is 2. The molecule has 16 heavy (non-hydrogen) atoms. The van der Waals surface area contributed by atoms with Gasteiger partial charge in [0.15, 0.2) is 0 Å². The van der Waals surface area contributed by atoms with Crippen molar-refractivity contribution in [2.75, 3.05) is 6.61 Å². The first kappa shape index (κ1) is 12.8. The summed E-state index contributed by atoms with van der Waals surface area (Å²) in [5.41, 5.74) is 0.889. The van der Waals surface area contributed by atoms with E-state index in [9.17, 15) is 4.79 Å². The van der Waals surface area contributed by atoms with E-state index in [2.05, 4.69) is 0 Å². The average molecular weight is 239 g/mol. The van der Waals surface area contributed by atoms with E-state index in [1.54, 1.807) is 6.08 Å². The molecule has 0 saturated carbocycles. The van der Waals surface area contributed by atoms with E-state index in [1.165, 1.54) is 0 Å². The summed E-state index contributed by atoms with van der Waals surface area (Å²) in [4.78, 5) is 11.4. The number of hydrogen-bond donors (Lipinski definition) is 0. The summed E-state index contributed by atoms with van der Waals surface area (Å²) in [6.07, 6.45) is 3.46. The topological polar surface area (TPSA) is 26.3 Å². The Hall–Kier alpha value is -1.28. The number of esters is 1. The van der Waals surface area contributed by atoms with Crippen molar-refractivity contribution in [1.82, 2.24) is 0 Å². The van der Waals surface area contributed by atoms with Gasteiger partial charge < -0.3 is 4.74 Å². The second-order valence-corrected chi connectivity index (χ2v) is 3.80. The molecule has 0 fully saturated rings. The van der Waals surface area contributed by atoms with E-state index in [1.807, 2.05) is 37.3 Å². The van der Waals surface area contributed by atoms with Gasteiger partial charge in [-0.15, -0.1) is 0 Å². The smallest absolute Gasteiger partial charge is 0.349 e. The highest BCUT2D eigenvalue weighted by Gasteiger charge is 2.07. The molecule has 0 amide bonds. The molecule has 1 aromatic rings. The summed E-state index contributed by atoms with van der Waals surface area (Å²) in [7, 11) is 0. The molecule has 0 spiro atoms. The fourth-order valence-electron chi connectivity index (χ4n) is 1.13. The lowest BCUT2D eigenvalue weighted by Crippen LogP contribution is -2.05. The molecule has 0 bridgehead atoms. The predicted molar refractivity (Wildman–Crippen MR) is 66.1 cm³/mol. The molecule has 2 nitrogen and oxygen atoms in total. The van der Waals surface area contributed by atoms with Crippen molar-refractivity contribution in [1.29, 1.82) is 0 Å². The number of halogens is 1. The zero-order valence-electron chi connectivity index (χ0n) is 9.28. The largest absolute Gasteiger partial charge is 0.461 e. The van der Waals surface area contributed by atoms with Crippen LogP contribution >= 0.6 is 11.6 Å². The van der Waals surface area contributed by atoms with Crippen molar-refractivity contribution in [2.45, 2.75) is 19.8 Å². The number of carbonyl (C=O) groups is 1. The van der Waals surface area contributed by atoms with E-state index in [0.717, 1.165) is 18.4 Å². The third-order valence-electron chi connectivity index (χ3n) is 2.02. The first-order chi connectivity index (χ1) is 7.74. The molecule has 0 radical (unpaired) electrons. The fourth-order valence-corrected chi connectivity index (χ4v) is 1.31. The number of ether oxygens (including phenoxy) is 1. The summed E-state index contributed by atoms with van der Waals surface area (Å²) in [5, 5.41) is 0.113. The van der Waals surface area contributed by atoms with Gasteiger partial charge in [0.2, 0.25) is 0 Å². The molecule has 0 aromatic heterocycles. The second-order valence-electron chi connectivity index (χ2n) is 3.39. The monoisotopic (exact) mass is 238 g/mol. The lowest BCUT2D eigenvalue weighted by molar-refractivity contribution is -0.138. The Morgan fingerprint density at radius 3 is 2.69 bits per heavy atom. The third kappa shape index (κ3) is 4.49. The summed E-state index contributed by atoms with van der Waals surface area (Å²) < 4.78 is 4.98. The van der Waals surface area contributed by atoms with Crippen molar-refractivity contribution in [3.8, 4) is 0 Å². The molecular weight excluding hydrogens is 224 g/mol. The molecule has 0 heterocycles. The predicted octanol–water partition coefficient (Wildman–Crippen LogP) is 3.61. The van der Waals surface area contributed by atoms with Crippen LogP contribution in [0, 0.1) is 0 Å². The molecule has 0 aliphatic rings. The number of unbranched alkanes of at least 4 members (excludes halogenated alkanes) is 1. The van der Waals surface area contributed by atoms with Crippen LogP contribution in [0.25, 0.3) is 6.08 Å². The summed E-state index contributed by atoms with van der Waals surface area (Å²) >= 11 is 5.83. The van der Waals surface area contributed by atoms with Crippen molar-refractivity contribution >= 4 is 23.6 Å². The normalized spacial score (nSPS) is 11.2. The van der Waals surface area contributed by atoms with Crippen molar-refractivity contribution in [3.63, 3.8) is 0 Å². The number of carbonyl (C=O) groups excluding carboxylic acids is 1. The van der Waals surface area contributed by atoms with Gasteiger partial charge in [-0.3, -0.25) is 0 Å². The Labute approximate surface area is 101 Å². The van der Waals surface area contributed by atoms with Gasteiger partial charge >= 0.3 is 5.97 Å². The minimum Gasteiger partial charge on any atom is -0.461 e. The second kappa shape index (κ2) is 7.07. The number of rotatable bonds is 5. The third-order valence-corrected chi connectivity index (χ3v) is 2.28. The van der Waals surface area contributed by atoms with Crippen LogP contribution in [0.4, 0.5) is 0 Å². The zero-order chi connectivity index (χ0) is 11.8. The van der Waals surface area contributed by atoms with Crippen LogP contribution in [-0.4, -0.2) is 12.6 Å². The van der Waals surface area contributed by atoms with E-state index in [0.29, 0.717) is 6.61 Å². The van der Waals surface area contributed by atoms with E-state index in [-0.39, 0.29) is 5.03 Å². The minimum absolute atomic E-state index is 0.113. The van der Waals surface area contributed by atoms with Gasteiger partial charge in [-0.2, -0.15) is 0 Å². The Kier molecular flexibility index (Phi) is 5.65. The van der Waals surface area contributed by atoms with Crippen LogP contribution in [0.5, 0.6) is 0 Å². The fraction of sp³-hybridized carbons (Fsp3) is 0.308. The highest BCUT2D eigenvalue weighted by molar-refractivity contribution is 6.43. The molecule has 0 unspecified atom stereocenters. The summed E-state index contributed by atoms with van der Waals surface area (Å²) in [6, 6.07) is 9.44. The SMILES string of the molecule is CCCCOC(=O)C(Cl)=Cc1ccccc1. The van der Waals surface area contributed by atoms with Gasteiger partial charge in [-0.05, 0) is 18.1 Å². The maximum atomic E-state index is 11.4. The van der Waals surface area contributed by atoms with Crippen LogP contribution in [0.3, 0.4) is 0 Å². The molecule has 1 rings (SSSR count). The van der Waals surface area contributed by atoms with Gasteiger partial charge in [0.05, 0.1) is 6.61 Å². The Morgan fingerprint density at radius 2 is 2.06 bits per heavy atom. The molecular formula is C13H15ClO2. The van der Waals surface area contributed by atoms with Crippen LogP contribution in [-0.2, 0) is 9.53 Å². The molecule has 1 aromatic carbocycles. The van der Waals surface area contributed by atoms with Crippen molar-refractivity contribution in [2.24, 2.45) is 0 Å². The van der Waals surface area contributed by atoms with E-state index in [4.69, 9.17) is 16.3 Å². The number of benzene rings is 1. The summed E-state index contributed by atoms with van der Waals surface area (Å²) in [5.74, 6) is -0.459. The lowest BCUT2D eigenvalue weighted by Gasteiger charge is -2.02. The first-order valence-corrected chi connectivity index (χ1v) is 5.71. The molecule has 0 aliphatic carbocycles. The van der Waals surface area contributed by atoms with Gasteiger partial charge in [-0.25, -0.2) is 4.79 Å². The van der Waals surface area contributed by atoms with Crippen LogP contribution in [0.1, 0.15) is 25.3 Å². The maximum Gasteiger partial charge on any atom is 0.349 e. The van der Waals surface area contributed by atoms with Gasteiger partial charge in [0, 0.05) is 0 Å².